The van der Waals surface area contributed by atoms with Gasteiger partial charge in [0.05, 0.1) is 29.6 Å². The minimum atomic E-state index is -0.431. The fraction of sp³-hybridized carbons (Fsp3) is 0.432. The Kier molecular flexibility index (Phi) is 11.1. The number of rotatable bonds is 13. The molecule has 3 N–H and O–H groups in total. The van der Waals surface area contributed by atoms with E-state index in [2.05, 4.69) is 29.4 Å². The van der Waals surface area contributed by atoms with Gasteiger partial charge in [-0.25, -0.2) is 4.68 Å². The van der Waals surface area contributed by atoms with Crippen LogP contribution in [0.25, 0.3) is 5.69 Å². The molecule has 2 aromatic heterocycles. The van der Waals surface area contributed by atoms with Gasteiger partial charge in [-0.15, -0.1) is 0 Å². The first-order valence-electron chi connectivity index (χ1n) is 17.0. The Morgan fingerprint density at radius 3 is 2.38 bits per heavy atom. The Morgan fingerprint density at radius 1 is 1.02 bits per heavy atom. The summed E-state index contributed by atoms with van der Waals surface area (Å²) < 4.78 is 1.62. The molecule has 48 heavy (non-hydrogen) atoms. The molecule has 1 atom stereocenters. The van der Waals surface area contributed by atoms with E-state index in [4.69, 9.17) is 5.10 Å². The number of carbonyl (C=O) groups is 3. The number of benzene rings is 2. The molecule has 0 aliphatic carbocycles. The minimum absolute atomic E-state index is 0.135. The summed E-state index contributed by atoms with van der Waals surface area (Å²) in [5.74, 6) is -0.680. The molecule has 11 nitrogen and oxygen atoms in total. The molecular weight excluding hydrogens is 606 g/mol. The number of aliphatic hydroxyl groups is 1. The van der Waals surface area contributed by atoms with Crippen molar-refractivity contribution in [3.8, 4) is 5.69 Å². The van der Waals surface area contributed by atoms with E-state index in [0.717, 1.165) is 42.5 Å². The van der Waals surface area contributed by atoms with E-state index < -0.39 is 6.04 Å². The number of anilines is 1. The molecule has 0 bridgehead atoms. The number of aliphatic hydroxyl groups excluding tert-OH is 1. The van der Waals surface area contributed by atoms with E-state index in [1.807, 2.05) is 49.9 Å². The van der Waals surface area contributed by atoms with Gasteiger partial charge in [-0.1, -0.05) is 64.8 Å². The molecule has 5 rings (SSSR count). The second-order valence-corrected chi connectivity index (χ2v) is 12.9. The molecule has 0 unspecified atom stereocenters. The summed E-state index contributed by atoms with van der Waals surface area (Å²) in [4.78, 5) is 44.9. The fourth-order valence-electron chi connectivity index (χ4n) is 6.06. The zero-order valence-corrected chi connectivity index (χ0v) is 28.6. The van der Waals surface area contributed by atoms with Crippen LogP contribution in [0.3, 0.4) is 0 Å². The number of unbranched alkanes of at least 4 members (excludes halogenated alkanes) is 2. The van der Waals surface area contributed by atoms with Crippen molar-refractivity contribution in [2.24, 2.45) is 0 Å². The van der Waals surface area contributed by atoms with Gasteiger partial charge in [0.15, 0.2) is 5.69 Å². The number of nitrogens with zero attached hydrogens (tertiary/aromatic N) is 5. The molecule has 0 spiro atoms. The van der Waals surface area contributed by atoms with Crippen molar-refractivity contribution in [1.29, 1.82) is 0 Å². The van der Waals surface area contributed by atoms with Crippen molar-refractivity contribution in [2.45, 2.75) is 85.2 Å². The fourth-order valence-corrected chi connectivity index (χ4v) is 6.06. The number of amides is 3. The Balaban J connectivity index is 1.53. The van der Waals surface area contributed by atoms with Crippen molar-refractivity contribution >= 4 is 23.4 Å². The standard InChI is InChI=1S/C37H47N7O4/c1-6-8-16-42(17-9-7-2)37(48)33-18-25(5)44(41-33)34-15-14-28(38-35(46)32-21-31(24(3)4)39-40-32)20-30(34)36(47)43-22-27-13-11-10-12-26(27)19-29(43)23-45/h10-15,18,20-21,24,29,45H,6-9,16-17,19,22-23H2,1-5H3,(H,38,46)(H,39,40)/t29-/m0/s1. The number of hydrogen-bond acceptors (Lipinski definition) is 6. The van der Waals surface area contributed by atoms with Crippen LogP contribution >= 0.6 is 0 Å². The highest BCUT2D eigenvalue weighted by atomic mass is 16.3. The number of carbonyl (C=O) groups excluding carboxylic acids is 3. The molecule has 254 valence electrons. The summed E-state index contributed by atoms with van der Waals surface area (Å²) in [6, 6.07) is 16.1. The smallest absolute Gasteiger partial charge is 0.274 e. The van der Waals surface area contributed by atoms with E-state index in [1.165, 1.54) is 0 Å². The Hall–Kier alpha value is -4.77. The maximum atomic E-state index is 14.5. The Bertz CT molecular complexity index is 1750. The summed E-state index contributed by atoms with van der Waals surface area (Å²) in [7, 11) is 0. The third-order valence-electron chi connectivity index (χ3n) is 8.93. The van der Waals surface area contributed by atoms with Gasteiger partial charge >= 0.3 is 0 Å². The van der Waals surface area contributed by atoms with E-state index in [0.29, 0.717) is 54.5 Å². The second-order valence-electron chi connectivity index (χ2n) is 12.9. The lowest BCUT2D eigenvalue weighted by atomic mass is 9.93. The lowest BCUT2D eigenvalue weighted by Gasteiger charge is -2.36. The molecule has 0 fully saturated rings. The summed E-state index contributed by atoms with van der Waals surface area (Å²) in [5.41, 5.74) is 5.39. The zero-order chi connectivity index (χ0) is 34.4. The third-order valence-corrected chi connectivity index (χ3v) is 8.93. The predicted molar refractivity (Wildman–Crippen MR) is 186 cm³/mol. The third kappa shape index (κ3) is 7.52. The largest absolute Gasteiger partial charge is 0.394 e. The monoisotopic (exact) mass is 653 g/mol. The first-order valence-corrected chi connectivity index (χ1v) is 17.0. The molecule has 1 aliphatic rings. The molecule has 4 aromatic rings. The van der Waals surface area contributed by atoms with Crippen molar-refractivity contribution in [1.82, 2.24) is 29.8 Å². The first kappa shape index (κ1) is 34.6. The average Bonchev–Trinajstić information content (AvgIpc) is 3.75. The van der Waals surface area contributed by atoms with E-state index in [9.17, 15) is 19.5 Å². The van der Waals surface area contributed by atoms with Crippen molar-refractivity contribution < 1.29 is 19.5 Å². The van der Waals surface area contributed by atoms with Crippen LogP contribution in [0.2, 0.25) is 0 Å². The van der Waals surface area contributed by atoms with Gasteiger partial charge in [-0.2, -0.15) is 10.2 Å². The molecular formula is C37H47N7O4. The molecule has 1 aliphatic heterocycles. The normalized spacial score (nSPS) is 14.2. The summed E-state index contributed by atoms with van der Waals surface area (Å²) >= 11 is 0. The first-order chi connectivity index (χ1) is 23.1. The van der Waals surface area contributed by atoms with Gasteiger partial charge in [0.1, 0.15) is 5.69 Å². The van der Waals surface area contributed by atoms with Gasteiger partial charge in [0, 0.05) is 31.0 Å². The Morgan fingerprint density at radius 2 is 1.73 bits per heavy atom. The van der Waals surface area contributed by atoms with Crippen LogP contribution in [0.4, 0.5) is 5.69 Å². The van der Waals surface area contributed by atoms with Gasteiger partial charge < -0.3 is 20.2 Å². The summed E-state index contributed by atoms with van der Waals surface area (Å²) in [6.07, 6.45) is 4.29. The van der Waals surface area contributed by atoms with Crippen molar-refractivity contribution in [2.75, 3.05) is 25.0 Å². The second kappa shape index (κ2) is 15.4. The van der Waals surface area contributed by atoms with E-state index >= 15 is 0 Å². The molecule has 3 amide bonds. The molecule has 0 radical (unpaired) electrons. The van der Waals surface area contributed by atoms with Crippen LogP contribution in [-0.4, -0.2) is 78.3 Å². The van der Waals surface area contributed by atoms with Crippen molar-refractivity contribution in [3.63, 3.8) is 0 Å². The van der Waals surface area contributed by atoms with Crippen LogP contribution in [0.5, 0.6) is 0 Å². The zero-order valence-electron chi connectivity index (χ0n) is 28.6. The highest BCUT2D eigenvalue weighted by molar-refractivity contribution is 6.05. The van der Waals surface area contributed by atoms with Crippen LogP contribution in [0.15, 0.2) is 54.6 Å². The van der Waals surface area contributed by atoms with Gasteiger partial charge in [0.25, 0.3) is 17.7 Å². The van der Waals surface area contributed by atoms with Gasteiger partial charge in [-0.3, -0.25) is 19.5 Å². The average molecular weight is 654 g/mol. The van der Waals surface area contributed by atoms with Gasteiger partial charge in [0.2, 0.25) is 0 Å². The quantitative estimate of drug-likeness (QED) is 0.165. The maximum Gasteiger partial charge on any atom is 0.274 e. The SMILES string of the molecule is CCCCN(CCCC)C(=O)c1cc(C)n(-c2ccc(NC(=O)c3cc(C(C)C)n[nH]3)cc2C(=O)N2Cc3ccccc3C[C@H]2CO)n1. The lowest BCUT2D eigenvalue weighted by molar-refractivity contribution is 0.0544. The van der Waals surface area contributed by atoms with E-state index in [1.54, 1.807) is 39.9 Å². The topological polar surface area (TPSA) is 136 Å². The number of H-pyrrole nitrogens is 1. The Labute approximate surface area is 282 Å². The molecule has 2 aromatic carbocycles. The molecule has 11 heteroatoms. The lowest BCUT2D eigenvalue weighted by Crippen LogP contribution is -2.46. The number of aryl methyl sites for hydroxylation is 1. The summed E-state index contributed by atoms with van der Waals surface area (Å²) in [6.45, 7) is 11.5. The number of aromatic amines is 1. The highest BCUT2D eigenvalue weighted by Crippen LogP contribution is 2.29. The van der Waals surface area contributed by atoms with Crippen LogP contribution in [0.1, 0.15) is 113 Å². The minimum Gasteiger partial charge on any atom is -0.394 e. The number of fused-ring (bicyclic) bond motifs is 1. The molecule has 0 saturated heterocycles. The molecule has 3 heterocycles. The number of aromatic nitrogens is 4. The summed E-state index contributed by atoms with van der Waals surface area (Å²) in [5, 5.41) is 25.0. The molecule has 0 saturated carbocycles. The van der Waals surface area contributed by atoms with Gasteiger partial charge in [-0.05, 0) is 73.6 Å². The van der Waals surface area contributed by atoms with E-state index in [-0.39, 0.29) is 35.8 Å². The van der Waals surface area contributed by atoms with Crippen LogP contribution in [-0.2, 0) is 13.0 Å². The van der Waals surface area contributed by atoms with Crippen molar-refractivity contribution in [3.05, 3.63) is 94.1 Å². The number of hydrogen-bond donors (Lipinski definition) is 3. The number of nitrogens with one attached hydrogen (secondary N) is 2. The maximum absolute atomic E-state index is 14.5. The van der Waals surface area contributed by atoms with Crippen LogP contribution in [0, 0.1) is 6.92 Å². The highest BCUT2D eigenvalue weighted by Gasteiger charge is 2.32. The van der Waals surface area contributed by atoms with Crippen LogP contribution < -0.4 is 5.32 Å². The predicted octanol–water partition coefficient (Wildman–Crippen LogP) is 5.88.